The third-order valence-electron chi connectivity index (χ3n) is 5.02. The Hall–Kier alpha value is -2.45. The lowest BCUT2D eigenvalue weighted by molar-refractivity contribution is 0.0229. The molecule has 8 heteroatoms. The number of thioether (sulfide) groups is 1. The number of aromatic nitrogens is 2. The zero-order chi connectivity index (χ0) is 21.1. The van der Waals surface area contributed by atoms with Crippen molar-refractivity contribution in [3.63, 3.8) is 0 Å². The highest BCUT2D eigenvalue weighted by molar-refractivity contribution is 7.99. The molecule has 4 rings (SSSR count). The Kier molecular flexibility index (Phi) is 6.34. The van der Waals surface area contributed by atoms with Gasteiger partial charge in [0.15, 0.2) is 11.9 Å². The van der Waals surface area contributed by atoms with E-state index in [0.29, 0.717) is 16.6 Å². The maximum absolute atomic E-state index is 13.7. The van der Waals surface area contributed by atoms with Gasteiger partial charge >= 0.3 is 12.5 Å². The van der Waals surface area contributed by atoms with Crippen LogP contribution in [-0.4, -0.2) is 34.0 Å². The third kappa shape index (κ3) is 4.34. The molecule has 158 valence electrons. The fourth-order valence-electron chi connectivity index (χ4n) is 3.55. The summed E-state index contributed by atoms with van der Waals surface area (Å²) in [6, 6.07) is 13.8. The Morgan fingerprint density at radius 1 is 1.27 bits per heavy atom. The van der Waals surface area contributed by atoms with Crippen LogP contribution in [0.3, 0.4) is 0 Å². The summed E-state index contributed by atoms with van der Waals surface area (Å²) < 4.78 is 39.4. The van der Waals surface area contributed by atoms with Crippen LogP contribution in [0.2, 0.25) is 0 Å². The molecule has 0 unspecified atom stereocenters. The minimum atomic E-state index is -2.79. The molecule has 1 aliphatic rings. The Balaban J connectivity index is 1.53. The van der Waals surface area contributed by atoms with Gasteiger partial charge in [-0.15, -0.1) is 11.8 Å². The molecule has 1 fully saturated rings. The largest absolute Gasteiger partial charge is 0.451 e. The second kappa shape index (κ2) is 9.14. The van der Waals surface area contributed by atoms with Crippen molar-refractivity contribution >= 4 is 28.8 Å². The Morgan fingerprint density at radius 2 is 2.03 bits per heavy atom. The normalized spacial score (nSPS) is 17.5. The van der Waals surface area contributed by atoms with E-state index in [0.717, 1.165) is 34.7 Å². The number of ether oxygens (including phenoxy) is 2. The molecule has 2 heterocycles. The molecule has 0 bridgehead atoms. The summed E-state index contributed by atoms with van der Waals surface area (Å²) in [7, 11) is 0. The zero-order valence-electron chi connectivity index (χ0n) is 16.5. The van der Waals surface area contributed by atoms with Gasteiger partial charge in [-0.05, 0) is 44.0 Å². The van der Waals surface area contributed by atoms with Crippen molar-refractivity contribution in [1.82, 2.24) is 9.55 Å². The molecule has 2 atom stereocenters. The third-order valence-corrected chi connectivity index (χ3v) is 6.23. The summed E-state index contributed by atoms with van der Waals surface area (Å²) in [6.45, 7) is -0.458. The summed E-state index contributed by atoms with van der Waals surface area (Å²) in [5, 5.41) is 0. The van der Waals surface area contributed by atoms with Crippen molar-refractivity contribution < 1.29 is 23.0 Å². The number of imidazole rings is 1. The van der Waals surface area contributed by atoms with Crippen LogP contribution in [0.4, 0.5) is 8.78 Å². The second-order valence-corrected chi connectivity index (χ2v) is 8.16. The van der Waals surface area contributed by atoms with E-state index in [9.17, 15) is 13.6 Å². The number of hydrogen-bond acceptors (Lipinski definition) is 5. The second-order valence-electron chi connectivity index (χ2n) is 7.10. The highest BCUT2D eigenvalue weighted by atomic mass is 32.2. The van der Waals surface area contributed by atoms with Gasteiger partial charge in [0.05, 0.1) is 22.7 Å². The van der Waals surface area contributed by atoms with Crippen LogP contribution in [0.15, 0.2) is 53.4 Å². The Morgan fingerprint density at radius 3 is 2.80 bits per heavy atom. The van der Waals surface area contributed by atoms with Crippen molar-refractivity contribution in [3.8, 4) is 0 Å². The van der Waals surface area contributed by atoms with E-state index in [1.165, 1.54) is 0 Å². The van der Waals surface area contributed by atoms with Crippen molar-refractivity contribution in [1.29, 1.82) is 0 Å². The smallest absolute Gasteiger partial charge is 0.339 e. The standard InChI is InChI=1S/C22H22F2N2O3S/c1-14(20-25-17-9-3-4-10-18(17)26(20)22(23)24)29-21(27)16-8-2-5-11-19(16)30-13-15-7-6-12-28-15/h2-5,8-11,14-15,22H,6-7,12-13H2,1H3/t14-,15+/m0/s1. The lowest BCUT2D eigenvalue weighted by Gasteiger charge is -2.16. The SMILES string of the molecule is C[C@H](OC(=O)c1ccccc1SC[C@H]1CCCO1)c1nc2ccccc2n1C(F)F. The molecule has 2 aromatic carbocycles. The van der Waals surface area contributed by atoms with Gasteiger partial charge in [0.25, 0.3) is 0 Å². The maximum Gasteiger partial charge on any atom is 0.339 e. The first-order valence-corrected chi connectivity index (χ1v) is 10.8. The fourth-order valence-corrected chi connectivity index (χ4v) is 4.66. The first-order chi connectivity index (χ1) is 14.5. The predicted octanol–water partition coefficient (Wildman–Crippen LogP) is 5.62. The quantitative estimate of drug-likeness (QED) is 0.358. The number of benzene rings is 2. The van der Waals surface area contributed by atoms with Crippen LogP contribution < -0.4 is 0 Å². The molecule has 0 spiro atoms. The van der Waals surface area contributed by atoms with E-state index < -0.39 is 18.6 Å². The number of alkyl halides is 2. The molecule has 1 saturated heterocycles. The van der Waals surface area contributed by atoms with Crippen LogP contribution in [0.1, 0.15) is 48.6 Å². The predicted molar refractivity (Wildman–Crippen MR) is 111 cm³/mol. The monoisotopic (exact) mass is 432 g/mol. The van der Waals surface area contributed by atoms with E-state index in [1.807, 2.05) is 12.1 Å². The minimum absolute atomic E-state index is 0.0176. The van der Waals surface area contributed by atoms with Gasteiger partial charge in [0.1, 0.15) is 0 Å². The van der Waals surface area contributed by atoms with Gasteiger partial charge in [0.2, 0.25) is 0 Å². The minimum Gasteiger partial charge on any atom is -0.451 e. The van der Waals surface area contributed by atoms with Gasteiger partial charge in [-0.1, -0.05) is 24.3 Å². The maximum atomic E-state index is 13.7. The Bertz CT molecular complexity index is 1030. The van der Waals surface area contributed by atoms with Crippen molar-refractivity contribution in [2.45, 2.75) is 43.4 Å². The number of carbonyl (C=O) groups is 1. The molecular formula is C22H22F2N2O3S. The number of rotatable bonds is 7. The highest BCUT2D eigenvalue weighted by Gasteiger charge is 2.26. The average molecular weight is 432 g/mol. The highest BCUT2D eigenvalue weighted by Crippen LogP contribution is 2.31. The van der Waals surface area contributed by atoms with E-state index in [1.54, 1.807) is 55.1 Å². The fraction of sp³-hybridized carbons (Fsp3) is 0.364. The van der Waals surface area contributed by atoms with Crippen LogP contribution in [0.25, 0.3) is 11.0 Å². The van der Waals surface area contributed by atoms with E-state index in [2.05, 4.69) is 4.98 Å². The number of halogens is 2. The number of esters is 1. The topological polar surface area (TPSA) is 53.4 Å². The summed E-state index contributed by atoms with van der Waals surface area (Å²) >= 11 is 1.54. The molecule has 0 aliphatic carbocycles. The van der Waals surface area contributed by atoms with E-state index in [4.69, 9.17) is 9.47 Å². The number of para-hydroxylation sites is 2. The molecule has 0 N–H and O–H groups in total. The number of hydrogen-bond donors (Lipinski definition) is 0. The first kappa shape index (κ1) is 20.8. The van der Waals surface area contributed by atoms with Gasteiger partial charge in [0, 0.05) is 17.3 Å². The number of carbonyl (C=O) groups excluding carboxylic acids is 1. The molecule has 3 aromatic rings. The van der Waals surface area contributed by atoms with Crippen LogP contribution in [-0.2, 0) is 9.47 Å². The van der Waals surface area contributed by atoms with Crippen molar-refractivity contribution in [2.75, 3.05) is 12.4 Å². The van der Waals surface area contributed by atoms with Gasteiger partial charge in [-0.2, -0.15) is 8.78 Å². The molecule has 0 saturated carbocycles. The van der Waals surface area contributed by atoms with Crippen LogP contribution >= 0.6 is 11.8 Å². The lowest BCUT2D eigenvalue weighted by Crippen LogP contribution is -2.15. The summed E-state index contributed by atoms with van der Waals surface area (Å²) in [5.74, 6) is 0.205. The van der Waals surface area contributed by atoms with Gasteiger partial charge in [-0.3, -0.25) is 4.57 Å². The molecule has 30 heavy (non-hydrogen) atoms. The lowest BCUT2D eigenvalue weighted by atomic mass is 10.2. The van der Waals surface area contributed by atoms with Crippen LogP contribution in [0, 0.1) is 0 Å². The average Bonchev–Trinajstić information content (AvgIpc) is 3.40. The molecule has 0 radical (unpaired) electrons. The molecule has 5 nitrogen and oxygen atoms in total. The summed E-state index contributed by atoms with van der Waals surface area (Å²) in [6.07, 6.45) is 1.32. The number of nitrogens with zero attached hydrogens (tertiary/aromatic N) is 2. The molecule has 0 amide bonds. The number of fused-ring (bicyclic) bond motifs is 1. The van der Waals surface area contributed by atoms with Crippen LogP contribution in [0.5, 0.6) is 0 Å². The molecular weight excluding hydrogens is 410 g/mol. The van der Waals surface area contributed by atoms with E-state index in [-0.39, 0.29) is 11.9 Å². The van der Waals surface area contributed by atoms with Crippen molar-refractivity contribution in [3.05, 3.63) is 59.9 Å². The zero-order valence-corrected chi connectivity index (χ0v) is 17.3. The van der Waals surface area contributed by atoms with Gasteiger partial charge in [-0.25, -0.2) is 9.78 Å². The Labute approximate surface area is 177 Å². The summed E-state index contributed by atoms with van der Waals surface area (Å²) in [5.41, 5.74) is 1.15. The van der Waals surface area contributed by atoms with E-state index >= 15 is 0 Å². The molecule has 1 aliphatic heterocycles. The molecule has 1 aromatic heterocycles. The first-order valence-electron chi connectivity index (χ1n) is 9.84. The van der Waals surface area contributed by atoms with Crippen molar-refractivity contribution in [2.24, 2.45) is 0 Å². The summed E-state index contributed by atoms with van der Waals surface area (Å²) in [4.78, 5) is 17.9. The van der Waals surface area contributed by atoms with Gasteiger partial charge < -0.3 is 9.47 Å².